The Hall–Kier alpha value is -2.19. The Labute approximate surface area is 174 Å². The van der Waals surface area contributed by atoms with Gasteiger partial charge in [0.2, 0.25) is 0 Å². The van der Waals surface area contributed by atoms with Gasteiger partial charge in [-0.2, -0.15) is 5.10 Å². The van der Waals surface area contributed by atoms with Crippen molar-refractivity contribution in [3.8, 4) is 5.75 Å². The Kier molecular flexibility index (Phi) is 7.55. The van der Waals surface area contributed by atoms with Gasteiger partial charge in [0.05, 0.1) is 15.2 Å². The van der Waals surface area contributed by atoms with Crippen LogP contribution in [0.2, 0.25) is 0 Å². The molecule has 0 saturated heterocycles. The van der Waals surface area contributed by atoms with Crippen molar-refractivity contribution in [3.63, 3.8) is 0 Å². The SMILES string of the molecule is CC(C)C(NC(=O)c1ccccc1)C(=O)NN=Cc1cc(Br)c(O)c(Br)c1. The van der Waals surface area contributed by atoms with E-state index in [4.69, 9.17) is 0 Å². The molecular weight excluding hydrogens is 478 g/mol. The van der Waals surface area contributed by atoms with Crippen molar-refractivity contribution in [3.05, 3.63) is 62.5 Å². The molecule has 142 valence electrons. The lowest BCUT2D eigenvalue weighted by Gasteiger charge is -2.20. The van der Waals surface area contributed by atoms with E-state index in [9.17, 15) is 14.7 Å². The maximum absolute atomic E-state index is 12.4. The van der Waals surface area contributed by atoms with Gasteiger partial charge in [-0.25, -0.2) is 5.43 Å². The third kappa shape index (κ3) is 5.90. The lowest BCUT2D eigenvalue weighted by Crippen LogP contribution is -2.48. The first-order valence-corrected chi connectivity index (χ1v) is 9.75. The van der Waals surface area contributed by atoms with Crippen LogP contribution >= 0.6 is 31.9 Å². The summed E-state index contributed by atoms with van der Waals surface area (Å²) in [5.74, 6) is -0.772. The molecule has 2 rings (SSSR count). The van der Waals surface area contributed by atoms with Gasteiger partial charge in [0.25, 0.3) is 11.8 Å². The number of phenols is 1. The van der Waals surface area contributed by atoms with Crippen molar-refractivity contribution in [1.29, 1.82) is 0 Å². The summed E-state index contributed by atoms with van der Waals surface area (Å²) in [7, 11) is 0. The third-order valence-electron chi connectivity index (χ3n) is 3.70. The maximum atomic E-state index is 12.4. The predicted molar refractivity (Wildman–Crippen MR) is 112 cm³/mol. The minimum atomic E-state index is -0.729. The standard InChI is InChI=1S/C19H19Br2N3O3/c1-11(2)16(23-18(26)13-6-4-3-5-7-13)19(27)24-22-10-12-8-14(20)17(25)15(21)9-12/h3-11,16,25H,1-2H3,(H,23,26)(H,24,27). The lowest BCUT2D eigenvalue weighted by atomic mass is 10.0. The fourth-order valence-electron chi connectivity index (χ4n) is 2.25. The molecule has 0 aliphatic heterocycles. The van der Waals surface area contributed by atoms with E-state index in [0.29, 0.717) is 20.1 Å². The molecule has 0 aliphatic rings. The van der Waals surface area contributed by atoms with Crippen molar-refractivity contribution in [2.45, 2.75) is 19.9 Å². The molecule has 0 heterocycles. The normalized spacial score (nSPS) is 12.2. The van der Waals surface area contributed by atoms with Gasteiger partial charge in [-0.15, -0.1) is 0 Å². The molecule has 6 nitrogen and oxygen atoms in total. The van der Waals surface area contributed by atoms with E-state index in [0.717, 1.165) is 0 Å². The smallest absolute Gasteiger partial charge is 0.262 e. The van der Waals surface area contributed by atoms with E-state index >= 15 is 0 Å². The average molecular weight is 497 g/mol. The highest BCUT2D eigenvalue weighted by Gasteiger charge is 2.24. The van der Waals surface area contributed by atoms with Gasteiger partial charge in [0, 0.05) is 5.56 Å². The highest BCUT2D eigenvalue weighted by Crippen LogP contribution is 2.32. The molecular formula is C19H19Br2N3O3. The summed E-state index contributed by atoms with van der Waals surface area (Å²) in [4.78, 5) is 24.7. The van der Waals surface area contributed by atoms with Crippen molar-refractivity contribution in [2.24, 2.45) is 11.0 Å². The number of aromatic hydroxyl groups is 1. The van der Waals surface area contributed by atoms with E-state index in [1.807, 2.05) is 19.9 Å². The van der Waals surface area contributed by atoms with Crippen LogP contribution in [0.25, 0.3) is 0 Å². The zero-order valence-electron chi connectivity index (χ0n) is 14.7. The lowest BCUT2D eigenvalue weighted by molar-refractivity contribution is -0.123. The van der Waals surface area contributed by atoms with Gasteiger partial charge in [0.1, 0.15) is 11.8 Å². The van der Waals surface area contributed by atoms with Crippen LogP contribution in [0.5, 0.6) is 5.75 Å². The molecule has 2 aromatic rings. The number of phenolic OH excluding ortho intramolecular Hbond substituents is 1. The molecule has 0 aliphatic carbocycles. The molecule has 0 aromatic heterocycles. The number of hydrazone groups is 1. The molecule has 2 aromatic carbocycles. The van der Waals surface area contributed by atoms with E-state index in [-0.39, 0.29) is 17.6 Å². The number of carbonyl (C=O) groups excluding carboxylic acids is 2. The molecule has 2 amide bonds. The summed E-state index contributed by atoms with van der Waals surface area (Å²) in [6.45, 7) is 3.68. The summed E-state index contributed by atoms with van der Waals surface area (Å²) in [5.41, 5.74) is 3.60. The molecule has 0 fully saturated rings. The second-order valence-corrected chi connectivity index (χ2v) is 7.84. The van der Waals surface area contributed by atoms with Crippen LogP contribution in [0.1, 0.15) is 29.8 Å². The first-order chi connectivity index (χ1) is 12.8. The number of nitrogens with one attached hydrogen (secondary N) is 2. The summed E-state index contributed by atoms with van der Waals surface area (Å²) < 4.78 is 1.000. The molecule has 0 radical (unpaired) electrons. The topological polar surface area (TPSA) is 90.8 Å². The van der Waals surface area contributed by atoms with E-state index < -0.39 is 11.9 Å². The zero-order valence-corrected chi connectivity index (χ0v) is 17.9. The van der Waals surface area contributed by atoms with Crippen LogP contribution in [0.3, 0.4) is 0 Å². The second kappa shape index (κ2) is 9.66. The van der Waals surface area contributed by atoms with Gasteiger partial charge in [0.15, 0.2) is 0 Å². The van der Waals surface area contributed by atoms with Crippen molar-refractivity contribution >= 4 is 49.9 Å². The molecule has 27 heavy (non-hydrogen) atoms. The van der Waals surface area contributed by atoms with E-state index in [1.54, 1.807) is 36.4 Å². The molecule has 0 bridgehead atoms. The quantitative estimate of drug-likeness (QED) is 0.419. The molecule has 3 N–H and O–H groups in total. The number of rotatable bonds is 6. The molecule has 1 unspecified atom stereocenters. The first kappa shape index (κ1) is 21.1. The minimum absolute atomic E-state index is 0.0830. The largest absolute Gasteiger partial charge is 0.506 e. The Morgan fingerprint density at radius 1 is 1.11 bits per heavy atom. The van der Waals surface area contributed by atoms with Gasteiger partial charge < -0.3 is 10.4 Å². The fraction of sp³-hybridized carbons (Fsp3) is 0.211. The number of hydrogen-bond acceptors (Lipinski definition) is 4. The Bertz CT molecular complexity index is 832. The number of carbonyl (C=O) groups is 2. The summed E-state index contributed by atoms with van der Waals surface area (Å²) >= 11 is 6.47. The Balaban J connectivity index is 2.04. The van der Waals surface area contributed by atoms with Crippen LogP contribution in [0, 0.1) is 5.92 Å². The average Bonchev–Trinajstić information content (AvgIpc) is 2.64. The number of benzene rings is 2. The van der Waals surface area contributed by atoms with Crippen molar-refractivity contribution in [2.75, 3.05) is 0 Å². The number of amides is 2. The molecule has 1 atom stereocenters. The van der Waals surface area contributed by atoms with Crippen molar-refractivity contribution < 1.29 is 14.7 Å². The van der Waals surface area contributed by atoms with Crippen molar-refractivity contribution in [1.82, 2.24) is 10.7 Å². The monoisotopic (exact) mass is 495 g/mol. The highest BCUT2D eigenvalue weighted by atomic mass is 79.9. The maximum Gasteiger partial charge on any atom is 0.262 e. The summed E-state index contributed by atoms with van der Waals surface area (Å²) in [5, 5.41) is 16.4. The van der Waals surface area contributed by atoms with Crippen LogP contribution in [0.15, 0.2) is 56.5 Å². The molecule has 0 saturated carbocycles. The van der Waals surface area contributed by atoms with Crippen LogP contribution in [-0.2, 0) is 4.79 Å². The van der Waals surface area contributed by atoms with Gasteiger partial charge in [-0.3, -0.25) is 9.59 Å². The Morgan fingerprint density at radius 3 is 2.26 bits per heavy atom. The third-order valence-corrected chi connectivity index (χ3v) is 4.91. The van der Waals surface area contributed by atoms with Gasteiger partial charge in [-0.1, -0.05) is 32.0 Å². The van der Waals surface area contributed by atoms with Gasteiger partial charge >= 0.3 is 0 Å². The van der Waals surface area contributed by atoms with Crippen LogP contribution < -0.4 is 10.7 Å². The highest BCUT2D eigenvalue weighted by molar-refractivity contribution is 9.11. The fourth-order valence-corrected chi connectivity index (χ4v) is 3.47. The summed E-state index contributed by atoms with van der Waals surface area (Å²) in [6.07, 6.45) is 1.45. The van der Waals surface area contributed by atoms with Crippen LogP contribution in [0.4, 0.5) is 0 Å². The predicted octanol–water partition coefficient (Wildman–Crippen LogP) is 3.82. The zero-order chi connectivity index (χ0) is 20.0. The summed E-state index contributed by atoms with van der Waals surface area (Å²) in [6, 6.07) is 11.3. The Morgan fingerprint density at radius 2 is 1.70 bits per heavy atom. The number of nitrogens with zero attached hydrogens (tertiary/aromatic N) is 1. The number of halogens is 2. The minimum Gasteiger partial charge on any atom is -0.506 e. The van der Waals surface area contributed by atoms with Crippen LogP contribution in [-0.4, -0.2) is 29.2 Å². The first-order valence-electron chi connectivity index (χ1n) is 8.16. The van der Waals surface area contributed by atoms with Gasteiger partial charge in [-0.05, 0) is 67.6 Å². The van der Waals surface area contributed by atoms with E-state index in [1.165, 1.54) is 6.21 Å². The van der Waals surface area contributed by atoms with E-state index in [2.05, 4.69) is 47.7 Å². The number of hydrogen-bond donors (Lipinski definition) is 3. The molecule has 0 spiro atoms. The second-order valence-electron chi connectivity index (χ2n) is 6.13. The molecule has 8 heteroatoms.